The second-order valence-corrected chi connectivity index (χ2v) is 4.03. The molecule has 0 amide bonds. The van der Waals surface area contributed by atoms with Crippen molar-refractivity contribution in [2.75, 3.05) is 0 Å². The molecule has 1 radical (unpaired) electrons. The number of unbranched alkanes of at least 4 members (excludes halogenated alkanes) is 9. The van der Waals surface area contributed by atoms with Crippen molar-refractivity contribution in [2.24, 2.45) is 0 Å². The van der Waals surface area contributed by atoms with Gasteiger partial charge in [-0.1, -0.05) is 78.1 Å². The summed E-state index contributed by atoms with van der Waals surface area (Å²) >= 11 is -2.00. The third-order valence-electron chi connectivity index (χ3n) is 2.35. The van der Waals surface area contributed by atoms with Crippen molar-refractivity contribution in [2.45, 2.75) is 71.1 Å². The first-order valence-electron chi connectivity index (χ1n) is 6.12. The van der Waals surface area contributed by atoms with Gasteiger partial charge in [0.15, 0.2) is 0 Å². The van der Waals surface area contributed by atoms with Crippen LogP contribution >= 0.6 is 0 Å². The summed E-state index contributed by atoms with van der Waals surface area (Å²) in [6, 6.07) is 0. The van der Waals surface area contributed by atoms with Gasteiger partial charge in [-0.15, -0.1) is 0 Å². The van der Waals surface area contributed by atoms with E-state index in [9.17, 15) is 0 Å². The van der Waals surface area contributed by atoms with Crippen LogP contribution in [0.2, 0.25) is 0 Å². The molecule has 0 bridgehead atoms. The normalized spacial score (nSPS) is 8.93. The Morgan fingerprint density at radius 3 is 1.47 bits per heavy atom. The van der Waals surface area contributed by atoms with Crippen LogP contribution in [0.5, 0.6) is 0 Å². The van der Waals surface area contributed by atoms with E-state index < -0.39 is 19.1 Å². The van der Waals surface area contributed by atoms with Gasteiger partial charge in [0, 0.05) is 0 Å². The first-order chi connectivity index (χ1) is 7.33. The van der Waals surface area contributed by atoms with Crippen molar-refractivity contribution >= 4 is 0 Å². The van der Waals surface area contributed by atoms with Gasteiger partial charge in [-0.2, -0.15) is 0 Å². The molecule has 3 heteroatoms. The third kappa shape index (κ3) is 25.0. The van der Waals surface area contributed by atoms with Gasteiger partial charge >= 0.3 is 25.7 Å². The molecule has 89 valence electrons. The van der Waals surface area contributed by atoms with Crippen LogP contribution < -0.4 is 0 Å². The molecule has 0 unspecified atom stereocenters. The molecule has 0 aliphatic rings. The number of hydrogen-bond donors (Lipinski definition) is 0. The predicted octanol–water partition coefficient (Wildman–Crippen LogP) is 4.50. The number of rotatable bonds is 9. The first kappa shape index (κ1) is 17.7. The van der Waals surface area contributed by atoms with Crippen molar-refractivity contribution in [3.05, 3.63) is 6.92 Å². The molecular weight excluding hydrogens is 224 g/mol. The second kappa shape index (κ2) is 19.8. The third-order valence-corrected chi connectivity index (χ3v) is 2.35. The standard InChI is InChI=1S/C12H25.2O.Ti/c1-3-5-7-9-11-12-10-8-6-4-2;;;/h1,3-12H2,2H3;;;. The second-order valence-electron chi connectivity index (χ2n) is 3.77. The molecule has 0 saturated carbocycles. The van der Waals surface area contributed by atoms with Gasteiger partial charge < -0.3 is 0 Å². The Hall–Kier alpha value is 0.314. The summed E-state index contributed by atoms with van der Waals surface area (Å²) in [5.74, 6) is 0. The van der Waals surface area contributed by atoms with Crippen LogP contribution in [0, 0.1) is 6.92 Å². The van der Waals surface area contributed by atoms with Crippen LogP contribution in [0.4, 0.5) is 0 Å². The van der Waals surface area contributed by atoms with Crippen molar-refractivity contribution in [3.63, 3.8) is 0 Å². The zero-order valence-electron chi connectivity index (χ0n) is 10.1. The van der Waals surface area contributed by atoms with E-state index in [0.29, 0.717) is 0 Å². The molecule has 0 aromatic carbocycles. The van der Waals surface area contributed by atoms with Gasteiger partial charge in [0.1, 0.15) is 0 Å². The molecule has 0 aromatic rings. The Kier molecular flexibility index (Phi) is 23.4. The molecule has 0 saturated heterocycles. The molecule has 0 N–H and O–H groups in total. The molecule has 15 heavy (non-hydrogen) atoms. The molecule has 0 rings (SSSR count). The van der Waals surface area contributed by atoms with Gasteiger partial charge in [-0.3, -0.25) is 0 Å². The fourth-order valence-electron chi connectivity index (χ4n) is 1.49. The fraction of sp³-hybridized carbons (Fsp3) is 0.917. The zero-order valence-corrected chi connectivity index (χ0v) is 11.7. The average Bonchev–Trinajstić information content (AvgIpc) is 2.23. The van der Waals surface area contributed by atoms with Crippen LogP contribution in [-0.2, 0) is 25.7 Å². The van der Waals surface area contributed by atoms with Crippen molar-refractivity contribution in [1.29, 1.82) is 0 Å². The molecule has 0 aromatic heterocycles. The summed E-state index contributed by atoms with van der Waals surface area (Å²) in [6.45, 7) is 6.12. The Morgan fingerprint density at radius 1 is 0.800 bits per heavy atom. The summed E-state index contributed by atoms with van der Waals surface area (Å²) in [4.78, 5) is 0. The van der Waals surface area contributed by atoms with Gasteiger partial charge in [0.2, 0.25) is 0 Å². The van der Waals surface area contributed by atoms with Crippen molar-refractivity contribution < 1.29 is 25.7 Å². The zero-order chi connectivity index (χ0) is 11.8. The summed E-state index contributed by atoms with van der Waals surface area (Å²) in [5.41, 5.74) is 0. The minimum atomic E-state index is -2.00. The summed E-state index contributed by atoms with van der Waals surface area (Å²) in [6.07, 6.45) is 13.9. The molecule has 0 aliphatic heterocycles. The monoisotopic (exact) mass is 249 g/mol. The minimum absolute atomic E-state index is 1.12. The van der Waals surface area contributed by atoms with E-state index in [1.54, 1.807) is 0 Å². The van der Waals surface area contributed by atoms with E-state index in [1.165, 1.54) is 57.8 Å². The molecule has 0 heterocycles. The molecular formula is C12H25O2Ti. The quantitative estimate of drug-likeness (QED) is 0.445. The van der Waals surface area contributed by atoms with Gasteiger partial charge in [0.25, 0.3) is 0 Å². The van der Waals surface area contributed by atoms with Crippen molar-refractivity contribution in [1.82, 2.24) is 0 Å². The van der Waals surface area contributed by atoms with Crippen molar-refractivity contribution in [3.8, 4) is 0 Å². The summed E-state index contributed by atoms with van der Waals surface area (Å²) in [7, 11) is 0. The molecule has 0 atom stereocenters. The Bertz CT molecular complexity index is 122. The Morgan fingerprint density at radius 2 is 1.13 bits per heavy atom. The predicted molar refractivity (Wildman–Crippen MR) is 58.6 cm³/mol. The van der Waals surface area contributed by atoms with Gasteiger partial charge in [0.05, 0.1) is 0 Å². The number of hydrogen-bond acceptors (Lipinski definition) is 2. The van der Waals surface area contributed by atoms with E-state index >= 15 is 0 Å². The molecule has 0 aliphatic carbocycles. The maximum absolute atomic E-state index is 8.50. The van der Waals surface area contributed by atoms with Gasteiger partial charge in [-0.25, -0.2) is 0 Å². The Labute approximate surface area is 104 Å². The summed E-state index contributed by atoms with van der Waals surface area (Å²) in [5, 5.41) is 0. The van der Waals surface area contributed by atoms with E-state index in [1.807, 2.05) is 0 Å². The molecule has 0 spiro atoms. The topological polar surface area (TPSA) is 34.1 Å². The van der Waals surface area contributed by atoms with Crippen LogP contribution in [-0.4, -0.2) is 0 Å². The van der Waals surface area contributed by atoms with Crippen LogP contribution in [0.1, 0.15) is 71.1 Å². The maximum atomic E-state index is 8.50. The SMILES string of the molecule is [CH2]CCCCCCCCCCC.[O]=[Ti]=[O]. The van der Waals surface area contributed by atoms with E-state index in [2.05, 4.69) is 13.8 Å². The average molecular weight is 249 g/mol. The Balaban J connectivity index is 0. The van der Waals surface area contributed by atoms with Crippen LogP contribution in [0.25, 0.3) is 0 Å². The van der Waals surface area contributed by atoms with E-state index in [0.717, 1.165) is 6.42 Å². The fourth-order valence-corrected chi connectivity index (χ4v) is 1.49. The van der Waals surface area contributed by atoms with E-state index in [4.69, 9.17) is 6.65 Å². The first-order valence-corrected chi connectivity index (χ1v) is 7.39. The molecule has 2 nitrogen and oxygen atoms in total. The van der Waals surface area contributed by atoms with Crippen LogP contribution in [0.15, 0.2) is 0 Å². The van der Waals surface area contributed by atoms with E-state index in [-0.39, 0.29) is 0 Å². The molecule has 0 fully saturated rings. The van der Waals surface area contributed by atoms with Gasteiger partial charge in [-0.05, 0) is 0 Å². The summed E-state index contributed by atoms with van der Waals surface area (Å²) < 4.78 is 17.0. The van der Waals surface area contributed by atoms with Crippen LogP contribution in [0.3, 0.4) is 0 Å².